The number of aliphatic hydroxyl groups is 1. The number of rotatable bonds is 6. The molecule has 0 spiro atoms. The van der Waals surface area contributed by atoms with Crippen molar-refractivity contribution in [1.29, 1.82) is 0 Å². The van der Waals surface area contributed by atoms with Gasteiger partial charge in [-0.3, -0.25) is 0 Å². The van der Waals surface area contributed by atoms with Crippen molar-refractivity contribution in [1.82, 2.24) is 4.57 Å². The Balaban J connectivity index is 1.63. The molecule has 23 heavy (non-hydrogen) atoms. The summed E-state index contributed by atoms with van der Waals surface area (Å²) in [7, 11) is 3.63. The van der Waals surface area contributed by atoms with Gasteiger partial charge in [-0.2, -0.15) is 0 Å². The van der Waals surface area contributed by atoms with Gasteiger partial charge >= 0.3 is 0 Å². The minimum absolute atomic E-state index is 0.239. The molecule has 120 valence electrons. The number of methoxy groups -OCH3 is 1. The van der Waals surface area contributed by atoms with E-state index in [1.807, 2.05) is 65.0 Å². The average molecular weight is 313 g/mol. The minimum atomic E-state index is -0.590. The van der Waals surface area contributed by atoms with Crippen LogP contribution in [0.2, 0.25) is 0 Å². The number of aromatic nitrogens is 2. The molecule has 3 rings (SSSR count). The van der Waals surface area contributed by atoms with Crippen LogP contribution in [0.3, 0.4) is 0 Å². The van der Waals surface area contributed by atoms with Gasteiger partial charge in [0.25, 0.3) is 0 Å². The summed E-state index contributed by atoms with van der Waals surface area (Å²) in [5.41, 5.74) is 2.23. The molecular formula is C18H21N2O3+. The Morgan fingerprint density at radius 2 is 1.78 bits per heavy atom. The van der Waals surface area contributed by atoms with E-state index in [-0.39, 0.29) is 6.61 Å². The maximum atomic E-state index is 10.3. The number of hydrogen-bond acceptors (Lipinski definition) is 3. The zero-order valence-corrected chi connectivity index (χ0v) is 13.3. The van der Waals surface area contributed by atoms with Crippen LogP contribution in [0.1, 0.15) is 0 Å². The van der Waals surface area contributed by atoms with Crippen molar-refractivity contribution in [2.24, 2.45) is 7.05 Å². The molecule has 0 aliphatic carbocycles. The second-order valence-electron chi connectivity index (χ2n) is 5.51. The highest BCUT2D eigenvalue weighted by Gasteiger charge is 2.16. The highest BCUT2D eigenvalue weighted by molar-refractivity contribution is 5.71. The summed E-state index contributed by atoms with van der Waals surface area (Å²) in [5, 5.41) is 10.3. The zero-order valence-electron chi connectivity index (χ0n) is 13.3. The predicted molar refractivity (Wildman–Crippen MR) is 87.6 cm³/mol. The maximum Gasteiger partial charge on any atom is 0.244 e. The van der Waals surface area contributed by atoms with Gasteiger partial charge in [-0.15, -0.1) is 0 Å². The third kappa shape index (κ3) is 3.46. The molecule has 1 aromatic heterocycles. The molecule has 0 aliphatic heterocycles. The number of aryl methyl sites for hydroxylation is 1. The van der Waals surface area contributed by atoms with Gasteiger partial charge in [0.15, 0.2) is 11.0 Å². The summed E-state index contributed by atoms with van der Waals surface area (Å²) in [6, 6.07) is 15.4. The van der Waals surface area contributed by atoms with Crippen molar-refractivity contribution in [2.75, 3.05) is 13.7 Å². The van der Waals surface area contributed by atoms with Crippen LogP contribution in [0.25, 0.3) is 11.0 Å². The molecule has 0 aliphatic rings. The van der Waals surface area contributed by atoms with Gasteiger partial charge in [0, 0.05) is 0 Å². The van der Waals surface area contributed by atoms with Crippen LogP contribution >= 0.6 is 0 Å². The van der Waals surface area contributed by atoms with E-state index in [9.17, 15) is 5.11 Å². The van der Waals surface area contributed by atoms with E-state index >= 15 is 0 Å². The fourth-order valence-corrected chi connectivity index (χ4v) is 2.63. The van der Waals surface area contributed by atoms with E-state index in [2.05, 4.69) is 6.07 Å². The van der Waals surface area contributed by atoms with Crippen LogP contribution in [0.4, 0.5) is 0 Å². The number of ether oxygens (including phenoxy) is 2. The lowest BCUT2D eigenvalue weighted by Gasteiger charge is -2.11. The van der Waals surface area contributed by atoms with Crippen molar-refractivity contribution >= 4 is 11.0 Å². The molecular weight excluding hydrogens is 292 g/mol. The normalized spacial score (nSPS) is 12.3. The molecule has 1 N–H and O–H groups in total. The van der Waals surface area contributed by atoms with Gasteiger partial charge in [-0.1, -0.05) is 12.1 Å². The zero-order chi connectivity index (χ0) is 16.2. The molecule has 2 aromatic carbocycles. The molecule has 0 bridgehead atoms. The number of aliphatic hydroxyl groups excluding tert-OH is 1. The summed E-state index contributed by atoms with van der Waals surface area (Å²) < 4.78 is 14.8. The number of fused-ring (bicyclic) bond motifs is 1. The van der Waals surface area contributed by atoms with E-state index in [1.54, 1.807) is 7.11 Å². The molecule has 0 amide bonds. The maximum absolute atomic E-state index is 10.3. The quantitative estimate of drug-likeness (QED) is 0.707. The summed E-state index contributed by atoms with van der Waals surface area (Å²) in [4.78, 5) is 0. The lowest BCUT2D eigenvalue weighted by atomic mass is 10.3. The van der Waals surface area contributed by atoms with Gasteiger partial charge in [0.05, 0.1) is 14.2 Å². The summed E-state index contributed by atoms with van der Waals surface area (Å²) in [6.07, 6.45) is 1.40. The number of imidazole rings is 1. The van der Waals surface area contributed by atoms with Crippen LogP contribution in [-0.4, -0.2) is 29.5 Å². The molecule has 1 heterocycles. The Hall–Kier alpha value is -2.53. The van der Waals surface area contributed by atoms with E-state index in [0.29, 0.717) is 12.3 Å². The first-order chi connectivity index (χ1) is 11.2. The molecule has 5 heteroatoms. The van der Waals surface area contributed by atoms with Gasteiger partial charge in [0.2, 0.25) is 6.33 Å². The molecule has 1 atom stereocenters. The topological polar surface area (TPSA) is 47.5 Å². The largest absolute Gasteiger partial charge is 0.497 e. The monoisotopic (exact) mass is 313 g/mol. The number of benzene rings is 2. The highest BCUT2D eigenvalue weighted by Crippen LogP contribution is 2.17. The summed E-state index contributed by atoms with van der Waals surface area (Å²) in [5.74, 6) is 1.50. The minimum Gasteiger partial charge on any atom is -0.497 e. The first kappa shape index (κ1) is 15.4. The van der Waals surface area contributed by atoms with Crippen molar-refractivity contribution in [2.45, 2.75) is 12.6 Å². The lowest BCUT2D eigenvalue weighted by molar-refractivity contribution is -0.645. The number of para-hydroxylation sites is 2. The Morgan fingerprint density at radius 1 is 1.09 bits per heavy atom. The predicted octanol–water partition coefficient (Wildman–Crippen LogP) is 1.91. The van der Waals surface area contributed by atoms with Crippen molar-refractivity contribution in [3.05, 3.63) is 54.9 Å². The lowest BCUT2D eigenvalue weighted by Crippen LogP contribution is -2.27. The Kier molecular flexibility index (Phi) is 4.48. The van der Waals surface area contributed by atoms with Gasteiger partial charge in [-0.05, 0) is 36.4 Å². The van der Waals surface area contributed by atoms with Crippen LogP contribution in [0, 0.1) is 0 Å². The summed E-state index contributed by atoms with van der Waals surface area (Å²) in [6.45, 7) is 0.722. The molecule has 5 nitrogen and oxygen atoms in total. The van der Waals surface area contributed by atoms with Gasteiger partial charge in [-0.25, -0.2) is 9.13 Å². The second kappa shape index (κ2) is 6.71. The SMILES string of the molecule is COc1ccc(OC[C@H](O)Cn2c[n+](C)c3ccccc32)cc1. The standard InChI is InChI=1S/C18H21N2O3/c1-19-13-20(18-6-4-3-5-17(18)19)11-14(21)12-23-16-9-7-15(22-2)8-10-16/h3-10,13-14,21H,11-12H2,1-2H3/q+1/t14-/m1/s1. The van der Waals surface area contributed by atoms with Gasteiger partial charge < -0.3 is 14.6 Å². The molecule has 0 fully saturated rings. The van der Waals surface area contributed by atoms with Gasteiger partial charge in [0.1, 0.15) is 30.8 Å². The smallest absolute Gasteiger partial charge is 0.244 e. The fraction of sp³-hybridized carbons (Fsp3) is 0.278. The number of nitrogens with zero attached hydrogens (tertiary/aromatic N) is 2. The Morgan fingerprint density at radius 3 is 2.52 bits per heavy atom. The van der Waals surface area contributed by atoms with Crippen molar-refractivity contribution < 1.29 is 19.1 Å². The Bertz CT molecular complexity index is 781. The van der Waals surface area contributed by atoms with Crippen LogP contribution in [-0.2, 0) is 13.6 Å². The Labute approximate surface area is 135 Å². The molecule has 0 radical (unpaired) electrons. The highest BCUT2D eigenvalue weighted by atomic mass is 16.5. The third-order valence-electron chi connectivity index (χ3n) is 3.79. The van der Waals surface area contributed by atoms with Crippen LogP contribution < -0.4 is 14.0 Å². The molecule has 0 saturated carbocycles. The first-order valence-electron chi connectivity index (χ1n) is 7.56. The van der Waals surface area contributed by atoms with E-state index in [0.717, 1.165) is 16.8 Å². The van der Waals surface area contributed by atoms with E-state index in [4.69, 9.17) is 9.47 Å². The van der Waals surface area contributed by atoms with Crippen LogP contribution in [0.5, 0.6) is 11.5 Å². The molecule has 0 saturated heterocycles. The van der Waals surface area contributed by atoms with E-state index in [1.165, 1.54) is 0 Å². The molecule has 3 aromatic rings. The van der Waals surface area contributed by atoms with E-state index < -0.39 is 6.10 Å². The van der Waals surface area contributed by atoms with Crippen molar-refractivity contribution in [3.63, 3.8) is 0 Å². The first-order valence-corrected chi connectivity index (χ1v) is 7.56. The second-order valence-corrected chi connectivity index (χ2v) is 5.51. The fourth-order valence-electron chi connectivity index (χ4n) is 2.63. The molecule has 0 unspecified atom stereocenters. The third-order valence-corrected chi connectivity index (χ3v) is 3.79. The van der Waals surface area contributed by atoms with Crippen molar-refractivity contribution in [3.8, 4) is 11.5 Å². The number of hydrogen-bond donors (Lipinski definition) is 1. The summed E-state index contributed by atoms with van der Waals surface area (Å²) >= 11 is 0. The van der Waals surface area contributed by atoms with Crippen LogP contribution in [0.15, 0.2) is 54.9 Å². The average Bonchev–Trinajstić information content (AvgIpc) is 2.90.